The van der Waals surface area contributed by atoms with Crippen LogP contribution in [0.25, 0.3) is 0 Å². The van der Waals surface area contributed by atoms with Gasteiger partial charge in [-0.1, -0.05) is 57.5 Å². The molecule has 2 atom stereocenters. The lowest BCUT2D eigenvalue weighted by Crippen LogP contribution is -2.48. The molecule has 0 saturated heterocycles. The second kappa shape index (κ2) is 10.0. The van der Waals surface area contributed by atoms with E-state index in [0.29, 0.717) is 6.54 Å². The molecule has 0 aliphatic rings. The van der Waals surface area contributed by atoms with E-state index in [1.807, 2.05) is 56.0 Å². The molecule has 5 nitrogen and oxygen atoms in total. The minimum Gasteiger partial charge on any atom is -0.467 e. The van der Waals surface area contributed by atoms with Gasteiger partial charge in [-0.15, -0.1) is 0 Å². The number of esters is 1. The highest BCUT2D eigenvalue weighted by molar-refractivity contribution is 5.85. The lowest BCUT2D eigenvalue weighted by atomic mass is 9.99. The van der Waals surface area contributed by atoms with Gasteiger partial charge in [-0.05, 0) is 18.0 Å². The average Bonchev–Trinajstić information content (AvgIpc) is 2.58. The normalized spacial score (nSPS) is 13.4. The highest BCUT2D eigenvalue weighted by atomic mass is 16.5. The van der Waals surface area contributed by atoms with E-state index < -0.39 is 6.04 Å². The number of amides is 1. The fourth-order valence-electron chi connectivity index (χ4n) is 2.34. The Morgan fingerprint density at radius 1 is 1.22 bits per heavy atom. The maximum absolute atomic E-state index is 12.3. The molecule has 5 heteroatoms. The largest absolute Gasteiger partial charge is 0.467 e. The Morgan fingerprint density at radius 2 is 1.87 bits per heavy atom. The van der Waals surface area contributed by atoms with Crippen molar-refractivity contribution in [2.24, 2.45) is 5.92 Å². The molecule has 0 spiro atoms. The molecule has 0 aliphatic carbocycles. The van der Waals surface area contributed by atoms with E-state index in [1.54, 1.807) is 0 Å². The fraction of sp³-hybridized carbons (Fsp3) is 0.556. The van der Waals surface area contributed by atoms with Crippen LogP contribution in [0.3, 0.4) is 0 Å². The molecule has 0 fully saturated rings. The van der Waals surface area contributed by atoms with Crippen molar-refractivity contribution in [2.45, 2.75) is 39.8 Å². The molecule has 2 unspecified atom stereocenters. The number of benzene rings is 1. The van der Waals surface area contributed by atoms with Crippen LogP contribution in [0.4, 0.5) is 0 Å². The van der Waals surface area contributed by atoms with Gasteiger partial charge in [0, 0.05) is 6.54 Å². The van der Waals surface area contributed by atoms with Gasteiger partial charge in [0.1, 0.15) is 6.04 Å². The minimum absolute atomic E-state index is 0.0376. The van der Waals surface area contributed by atoms with Crippen LogP contribution < -0.4 is 5.32 Å². The van der Waals surface area contributed by atoms with E-state index in [-0.39, 0.29) is 24.3 Å². The van der Waals surface area contributed by atoms with Crippen molar-refractivity contribution in [3.8, 4) is 0 Å². The number of methoxy groups -OCH3 is 1. The molecule has 0 saturated carbocycles. The van der Waals surface area contributed by atoms with Crippen LogP contribution >= 0.6 is 0 Å². The molecule has 23 heavy (non-hydrogen) atoms. The first-order valence-corrected chi connectivity index (χ1v) is 8.15. The summed E-state index contributed by atoms with van der Waals surface area (Å²) in [5, 5.41) is 2.81. The van der Waals surface area contributed by atoms with Gasteiger partial charge in [-0.25, -0.2) is 4.79 Å². The summed E-state index contributed by atoms with van der Waals surface area (Å²) >= 11 is 0. The van der Waals surface area contributed by atoms with Crippen LogP contribution in [0.2, 0.25) is 0 Å². The first-order valence-electron chi connectivity index (χ1n) is 8.15. The molecule has 1 amide bonds. The number of nitrogens with zero attached hydrogens (tertiary/aromatic N) is 1. The minimum atomic E-state index is -0.590. The maximum atomic E-state index is 12.3. The first kappa shape index (κ1) is 19.2. The van der Waals surface area contributed by atoms with Crippen molar-refractivity contribution in [1.29, 1.82) is 0 Å². The highest BCUT2D eigenvalue weighted by Crippen LogP contribution is 2.10. The van der Waals surface area contributed by atoms with Crippen molar-refractivity contribution in [3.05, 3.63) is 35.9 Å². The Kier molecular flexibility index (Phi) is 8.33. The van der Waals surface area contributed by atoms with Gasteiger partial charge in [0.25, 0.3) is 0 Å². The van der Waals surface area contributed by atoms with Crippen LogP contribution in [0.5, 0.6) is 0 Å². The van der Waals surface area contributed by atoms with Gasteiger partial charge in [-0.3, -0.25) is 9.69 Å². The third-order valence-corrected chi connectivity index (χ3v) is 4.05. The zero-order chi connectivity index (χ0) is 17.2. The van der Waals surface area contributed by atoms with E-state index in [0.717, 1.165) is 18.5 Å². The van der Waals surface area contributed by atoms with E-state index in [2.05, 4.69) is 5.32 Å². The quantitative estimate of drug-likeness (QED) is 0.709. The molecular weight excluding hydrogens is 292 g/mol. The van der Waals surface area contributed by atoms with E-state index in [4.69, 9.17) is 4.74 Å². The molecule has 1 rings (SSSR count). The summed E-state index contributed by atoms with van der Waals surface area (Å²) in [4.78, 5) is 26.2. The van der Waals surface area contributed by atoms with Crippen molar-refractivity contribution in [1.82, 2.24) is 10.2 Å². The van der Waals surface area contributed by atoms with Crippen LogP contribution in [-0.2, 0) is 20.9 Å². The highest BCUT2D eigenvalue weighted by Gasteiger charge is 2.27. The number of carbonyl (C=O) groups is 2. The molecule has 0 aromatic heterocycles. The first-order chi connectivity index (χ1) is 11.0. The SMILES string of the molecule is CCC(C)C(NC(=O)CN(CC)Cc1ccccc1)C(=O)OC. The van der Waals surface area contributed by atoms with Gasteiger partial charge in [0.15, 0.2) is 0 Å². The standard InChI is InChI=1S/C18H28N2O3/c1-5-14(3)17(18(22)23-4)19-16(21)13-20(6-2)12-15-10-8-7-9-11-15/h7-11,14,17H,5-6,12-13H2,1-4H3,(H,19,21). The summed E-state index contributed by atoms with van der Waals surface area (Å²) in [5.41, 5.74) is 1.16. The Labute approximate surface area is 139 Å². The number of ether oxygens (including phenoxy) is 1. The molecule has 128 valence electrons. The second-order valence-electron chi connectivity index (χ2n) is 5.74. The van der Waals surface area contributed by atoms with Gasteiger partial charge >= 0.3 is 5.97 Å². The predicted octanol–water partition coefficient (Wildman–Crippen LogP) is 2.21. The number of rotatable bonds is 9. The molecule has 0 aliphatic heterocycles. The molecule has 1 N–H and O–H groups in total. The second-order valence-corrected chi connectivity index (χ2v) is 5.74. The van der Waals surface area contributed by atoms with Gasteiger partial charge in [-0.2, -0.15) is 0 Å². The molecule has 0 radical (unpaired) electrons. The molecular formula is C18H28N2O3. The lowest BCUT2D eigenvalue weighted by Gasteiger charge is -2.24. The Morgan fingerprint density at radius 3 is 2.39 bits per heavy atom. The Bertz CT molecular complexity index is 490. The molecule has 1 aromatic rings. The summed E-state index contributed by atoms with van der Waals surface area (Å²) < 4.78 is 4.80. The van der Waals surface area contributed by atoms with Crippen molar-refractivity contribution in [3.63, 3.8) is 0 Å². The van der Waals surface area contributed by atoms with Crippen LogP contribution in [0.1, 0.15) is 32.8 Å². The number of nitrogens with one attached hydrogen (secondary N) is 1. The maximum Gasteiger partial charge on any atom is 0.328 e. The van der Waals surface area contributed by atoms with Crippen molar-refractivity contribution < 1.29 is 14.3 Å². The number of hydrogen-bond donors (Lipinski definition) is 1. The van der Waals surface area contributed by atoms with Crippen LogP contribution in [-0.4, -0.2) is 43.0 Å². The zero-order valence-electron chi connectivity index (χ0n) is 14.5. The lowest BCUT2D eigenvalue weighted by molar-refractivity contribution is -0.146. The number of likely N-dealkylation sites (N-methyl/N-ethyl adjacent to an activating group) is 1. The summed E-state index contributed by atoms with van der Waals surface area (Å²) in [6, 6.07) is 9.43. The molecule has 1 aromatic carbocycles. The fourth-order valence-corrected chi connectivity index (χ4v) is 2.34. The number of carbonyl (C=O) groups excluding carboxylic acids is 2. The van der Waals surface area contributed by atoms with Gasteiger partial charge in [0.05, 0.1) is 13.7 Å². The summed E-state index contributed by atoms with van der Waals surface area (Å²) in [5.74, 6) is -0.507. The van der Waals surface area contributed by atoms with E-state index >= 15 is 0 Å². The smallest absolute Gasteiger partial charge is 0.328 e. The average molecular weight is 320 g/mol. The third-order valence-electron chi connectivity index (χ3n) is 4.05. The van der Waals surface area contributed by atoms with Crippen molar-refractivity contribution in [2.75, 3.05) is 20.2 Å². The van der Waals surface area contributed by atoms with Gasteiger partial charge in [0.2, 0.25) is 5.91 Å². The van der Waals surface area contributed by atoms with Crippen LogP contribution in [0, 0.1) is 5.92 Å². The summed E-state index contributed by atoms with van der Waals surface area (Å²) in [7, 11) is 1.34. The van der Waals surface area contributed by atoms with Gasteiger partial charge < -0.3 is 10.1 Å². The topological polar surface area (TPSA) is 58.6 Å². The monoisotopic (exact) mass is 320 g/mol. The summed E-state index contributed by atoms with van der Waals surface area (Å²) in [6.45, 7) is 7.66. The van der Waals surface area contributed by atoms with Crippen LogP contribution in [0.15, 0.2) is 30.3 Å². The molecule has 0 heterocycles. The summed E-state index contributed by atoms with van der Waals surface area (Å²) in [6.07, 6.45) is 0.793. The van der Waals surface area contributed by atoms with Crippen molar-refractivity contribution >= 4 is 11.9 Å². The predicted molar refractivity (Wildman–Crippen MR) is 90.8 cm³/mol. The number of hydrogen-bond acceptors (Lipinski definition) is 4. The Balaban J connectivity index is 2.62. The van der Waals surface area contributed by atoms with E-state index in [9.17, 15) is 9.59 Å². The Hall–Kier alpha value is -1.88. The molecule has 0 bridgehead atoms. The third kappa shape index (κ3) is 6.40. The zero-order valence-corrected chi connectivity index (χ0v) is 14.5. The van der Waals surface area contributed by atoms with E-state index in [1.165, 1.54) is 7.11 Å².